The lowest BCUT2D eigenvalue weighted by molar-refractivity contribution is -0.254. The largest absolute Gasteiger partial charge is 0.417 e. The molecule has 1 aliphatic rings. The second-order valence-corrected chi connectivity index (χ2v) is 7.98. The van der Waals surface area contributed by atoms with Gasteiger partial charge in [0.05, 0.1) is 11.3 Å². The van der Waals surface area contributed by atoms with Gasteiger partial charge in [-0.3, -0.25) is 4.79 Å². The van der Waals surface area contributed by atoms with Crippen LogP contribution in [0.3, 0.4) is 0 Å². The Morgan fingerprint density at radius 1 is 1.12 bits per heavy atom. The van der Waals surface area contributed by atoms with Crippen molar-refractivity contribution < 1.29 is 31.5 Å². The molecule has 10 heteroatoms. The van der Waals surface area contributed by atoms with Gasteiger partial charge in [-0.1, -0.05) is 18.2 Å². The number of amides is 1. The maximum Gasteiger partial charge on any atom is 0.417 e. The van der Waals surface area contributed by atoms with Crippen LogP contribution in [-0.4, -0.2) is 66.6 Å². The van der Waals surface area contributed by atoms with E-state index >= 15 is 0 Å². The maximum absolute atomic E-state index is 12.7. The third-order valence-electron chi connectivity index (χ3n) is 4.08. The minimum absolute atomic E-state index is 0.0167. The van der Waals surface area contributed by atoms with Gasteiger partial charge in [0.25, 0.3) is 0 Å². The van der Waals surface area contributed by atoms with Crippen LogP contribution in [0.2, 0.25) is 0 Å². The van der Waals surface area contributed by atoms with Gasteiger partial charge in [-0.05, 0) is 19.1 Å². The predicted molar refractivity (Wildman–Crippen MR) is 83.1 cm³/mol. The monoisotopic (exact) mass is 380 g/mol. The molecule has 1 aromatic rings. The van der Waals surface area contributed by atoms with Gasteiger partial charge in [0, 0.05) is 26.2 Å². The van der Waals surface area contributed by atoms with Crippen molar-refractivity contribution in [2.45, 2.75) is 30.0 Å². The Morgan fingerprint density at radius 2 is 1.64 bits per heavy atom. The number of rotatable bonds is 4. The van der Waals surface area contributed by atoms with Crippen molar-refractivity contribution in [2.24, 2.45) is 0 Å². The molecule has 1 heterocycles. The van der Waals surface area contributed by atoms with E-state index in [-0.39, 0.29) is 31.1 Å². The number of piperazine rings is 1. The summed E-state index contributed by atoms with van der Waals surface area (Å²) in [5, 5.41) is 9.40. The molecule has 6 nitrogen and oxygen atoms in total. The standard InChI is InChI=1S/C15H19F3N2O4S/c1-14(22,15(16,17)18)11-13(21)19-7-9-20(10-8-19)25(23,24)12-5-3-2-4-6-12/h2-6,22H,7-11H2,1H3/t14-/m1/s1. The highest BCUT2D eigenvalue weighted by Crippen LogP contribution is 2.33. The van der Waals surface area contributed by atoms with Crippen molar-refractivity contribution in [3.8, 4) is 0 Å². The lowest BCUT2D eigenvalue weighted by atomic mass is 10.0. The molecule has 0 aromatic heterocycles. The summed E-state index contributed by atoms with van der Waals surface area (Å²) >= 11 is 0. The van der Waals surface area contributed by atoms with E-state index in [9.17, 15) is 31.5 Å². The summed E-state index contributed by atoms with van der Waals surface area (Å²) in [5.41, 5.74) is -3.11. The predicted octanol–water partition coefficient (Wildman–Crippen LogP) is 1.22. The Kier molecular flexibility index (Phi) is 5.45. The first-order valence-electron chi connectivity index (χ1n) is 7.57. The Hall–Kier alpha value is -1.65. The number of alkyl halides is 3. The van der Waals surface area contributed by atoms with Crippen LogP contribution in [0.4, 0.5) is 13.2 Å². The molecular weight excluding hydrogens is 361 g/mol. The zero-order chi connectivity index (χ0) is 18.9. The van der Waals surface area contributed by atoms with Crippen molar-refractivity contribution in [2.75, 3.05) is 26.2 Å². The summed E-state index contributed by atoms with van der Waals surface area (Å²) < 4.78 is 64.1. The van der Waals surface area contributed by atoms with Gasteiger partial charge in [0.2, 0.25) is 15.9 Å². The molecule has 0 spiro atoms. The number of carbonyl (C=O) groups is 1. The molecule has 1 saturated heterocycles. The SMILES string of the molecule is C[C@@](O)(CC(=O)N1CCN(S(=O)(=O)c2ccccc2)CC1)C(F)(F)F. The normalized spacial score (nSPS) is 19.5. The highest BCUT2D eigenvalue weighted by Gasteiger charge is 2.51. The van der Waals surface area contributed by atoms with Crippen molar-refractivity contribution in [1.29, 1.82) is 0 Å². The minimum Gasteiger partial charge on any atom is -0.380 e. The highest BCUT2D eigenvalue weighted by molar-refractivity contribution is 7.89. The van der Waals surface area contributed by atoms with Crippen molar-refractivity contribution in [1.82, 2.24) is 9.21 Å². The van der Waals surface area contributed by atoms with Crippen molar-refractivity contribution >= 4 is 15.9 Å². The molecule has 1 fully saturated rings. The van der Waals surface area contributed by atoms with E-state index in [4.69, 9.17) is 0 Å². The minimum atomic E-state index is -4.92. The van der Waals surface area contributed by atoms with Gasteiger partial charge in [0.15, 0.2) is 5.60 Å². The van der Waals surface area contributed by atoms with Crippen LogP contribution in [0.1, 0.15) is 13.3 Å². The van der Waals surface area contributed by atoms with Gasteiger partial charge < -0.3 is 10.0 Å². The van der Waals surface area contributed by atoms with E-state index in [0.29, 0.717) is 6.92 Å². The molecule has 1 atom stereocenters. The van der Waals surface area contributed by atoms with E-state index < -0.39 is 34.1 Å². The summed E-state index contributed by atoms with van der Waals surface area (Å²) in [4.78, 5) is 13.2. The summed E-state index contributed by atoms with van der Waals surface area (Å²) in [7, 11) is -3.70. The Balaban J connectivity index is 1.99. The number of sulfonamides is 1. The van der Waals surface area contributed by atoms with E-state index in [1.54, 1.807) is 18.2 Å². The lowest BCUT2D eigenvalue weighted by Gasteiger charge is -2.35. The van der Waals surface area contributed by atoms with Crippen LogP contribution in [0.5, 0.6) is 0 Å². The molecule has 0 saturated carbocycles. The third kappa shape index (κ3) is 4.31. The fourth-order valence-corrected chi connectivity index (χ4v) is 3.87. The van der Waals surface area contributed by atoms with Gasteiger partial charge in [-0.2, -0.15) is 17.5 Å². The number of halogens is 3. The molecular formula is C15H19F3N2O4S. The van der Waals surface area contributed by atoms with Gasteiger partial charge in [-0.25, -0.2) is 8.42 Å². The smallest absolute Gasteiger partial charge is 0.380 e. The average molecular weight is 380 g/mol. The first-order chi connectivity index (χ1) is 11.4. The van der Waals surface area contributed by atoms with Gasteiger partial charge in [-0.15, -0.1) is 0 Å². The third-order valence-corrected chi connectivity index (χ3v) is 5.99. The van der Waals surface area contributed by atoms with E-state index in [0.717, 1.165) is 4.90 Å². The fraction of sp³-hybridized carbons (Fsp3) is 0.533. The van der Waals surface area contributed by atoms with Crippen molar-refractivity contribution in [3.63, 3.8) is 0 Å². The molecule has 1 amide bonds. The van der Waals surface area contributed by atoms with E-state index in [1.807, 2.05) is 0 Å². The molecule has 140 valence electrons. The van der Waals surface area contributed by atoms with Gasteiger partial charge in [0.1, 0.15) is 0 Å². The first kappa shape index (κ1) is 19.7. The van der Waals surface area contributed by atoms with Crippen LogP contribution in [0.25, 0.3) is 0 Å². The average Bonchev–Trinajstić information content (AvgIpc) is 2.54. The molecule has 0 bridgehead atoms. The summed E-state index contributed by atoms with van der Waals surface area (Å²) in [6.45, 7) is 0.451. The Labute approximate surface area is 143 Å². The zero-order valence-electron chi connectivity index (χ0n) is 13.5. The highest BCUT2D eigenvalue weighted by atomic mass is 32.2. The maximum atomic E-state index is 12.7. The number of aliphatic hydroxyl groups is 1. The molecule has 0 radical (unpaired) electrons. The molecule has 1 aromatic carbocycles. The molecule has 2 rings (SSSR count). The summed E-state index contributed by atoms with van der Waals surface area (Å²) in [6.07, 6.45) is -6.01. The molecule has 0 unspecified atom stereocenters. The van der Waals surface area contributed by atoms with E-state index in [2.05, 4.69) is 0 Å². The zero-order valence-corrected chi connectivity index (χ0v) is 14.3. The number of nitrogens with zero attached hydrogens (tertiary/aromatic N) is 2. The van der Waals surface area contributed by atoms with Gasteiger partial charge >= 0.3 is 6.18 Å². The van der Waals surface area contributed by atoms with Crippen LogP contribution in [0, 0.1) is 0 Å². The summed E-state index contributed by atoms with van der Waals surface area (Å²) in [5.74, 6) is -0.862. The van der Waals surface area contributed by atoms with Crippen LogP contribution < -0.4 is 0 Å². The van der Waals surface area contributed by atoms with Crippen molar-refractivity contribution in [3.05, 3.63) is 30.3 Å². The van der Waals surface area contributed by atoms with E-state index in [1.165, 1.54) is 16.4 Å². The molecule has 1 N–H and O–H groups in total. The topological polar surface area (TPSA) is 77.9 Å². The quantitative estimate of drug-likeness (QED) is 0.852. The number of benzene rings is 1. The van der Waals surface area contributed by atoms with Crippen LogP contribution in [0.15, 0.2) is 35.2 Å². The second kappa shape index (κ2) is 6.93. The summed E-state index contributed by atoms with van der Waals surface area (Å²) in [6, 6.07) is 7.76. The molecule has 25 heavy (non-hydrogen) atoms. The van der Waals surface area contributed by atoms with Crippen LogP contribution >= 0.6 is 0 Å². The molecule has 0 aliphatic carbocycles. The second-order valence-electron chi connectivity index (χ2n) is 6.05. The Morgan fingerprint density at radius 3 is 2.12 bits per heavy atom. The lowest BCUT2D eigenvalue weighted by Crippen LogP contribution is -2.53. The van der Waals surface area contributed by atoms with Crippen LogP contribution in [-0.2, 0) is 14.8 Å². The Bertz CT molecular complexity index is 712. The number of hydrogen-bond acceptors (Lipinski definition) is 4. The number of carbonyl (C=O) groups excluding carboxylic acids is 1. The fourth-order valence-electron chi connectivity index (χ4n) is 2.43. The first-order valence-corrected chi connectivity index (χ1v) is 9.01. The molecule has 1 aliphatic heterocycles. The number of hydrogen-bond donors (Lipinski definition) is 1.